The van der Waals surface area contributed by atoms with E-state index in [1.54, 1.807) is 0 Å². The Balaban J connectivity index is 1.46. The summed E-state index contributed by atoms with van der Waals surface area (Å²) in [6.07, 6.45) is 6.73. The second-order valence-corrected chi connectivity index (χ2v) is 6.74. The lowest BCUT2D eigenvalue weighted by atomic mass is 9.89. The minimum absolute atomic E-state index is 0.233. The molecule has 23 heavy (non-hydrogen) atoms. The molecule has 6 nitrogen and oxygen atoms in total. The van der Waals surface area contributed by atoms with Crippen LogP contribution in [-0.2, 0) is 9.53 Å². The summed E-state index contributed by atoms with van der Waals surface area (Å²) in [5.41, 5.74) is -0.233. The lowest BCUT2D eigenvalue weighted by molar-refractivity contribution is -0.136. The molecule has 0 radical (unpaired) electrons. The van der Waals surface area contributed by atoms with Gasteiger partial charge in [-0.15, -0.1) is 0 Å². The predicted molar refractivity (Wildman–Crippen MR) is 81.5 cm³/mol. The van der Waals surface area contributed by atoms with Gasteiger partial charge < -0.3 is 14.5 Å². The number of likely N-dealkylation sites (tertiary alicyclic amines) is 1. The van der Waals surface area contributed by atoms with Crippen molar-refractivity contribution < 1.29 is 13.9 Å². The van der Waals surface area contributed by atoms with Crippen LogP contribution in [0.4, 0.5) is 10.3 Å². The van der Waals surface area contributed by atoms with E-state index >= 15 is 0 Å². The standard InChI is InChI=1S/C16H21FN4O2/c17-12-9-18-15(19-10-12)20-6-4-16(11-20)8-13(3-7-23-16)21-5-1-2-14(21)22/h9-10,13H,1-8,11H2/t13-,16-/m1/s1. The van der Waals surface area contributed by atoms with Gasteiger partial charge in [0.05, 0.1) is 24.5 Å². The van der Waals surface area contributed by atoms with Crippen LogP contribution < -0.4 is 4.90 Å². The van der Waals surface area contributed by atoms with Gasteiger partial charge in [-0.25, -0.2) is 14.4 Å². The highest BCUT2D eigenvalue weighted by Gasteiger charge is 2.46. The van der Waals surface area contributed by atoms with E-state index in [0.29, 0.717) is 25.5 Å². The minimum Gasteiger partial charge on any atom is -0.373 e. The van der Waals surface area contributed by atoms with Crippen molar-refractivity contribution in [3.63, 3.8) is 0 Å². The Morgan fingerprint density at radius 3 is 2.87 bits per heavy atom. The monoisotopic (exact) mass is 320 g/mol. The van der Waals surface area contributed by atoms with Crippen molar-refractivity contribution in [1.82, 2.24) is 14.9 Å². The molecular weight excluding hydrogens is 299 g/mol. The second-order valence-electron chi connectivity index (χ2n) is 6.74. The van der Waals surface area contributed by atoms with E-state index in [1.165, 1.54) is 12.4 Å². The summed E-state index contributed by atoms with van der Waals surface area (Å²) < 4.78 is 19.1. The van der Waals surface area contributed by atoms with Gasteiger partial charge in [0.2, 0.25) is 11.9 Å². The zero-order valence-corrected chi connectivity index (χ0v) is 13.1. The third-order valence-corrected chi connectivity index (χ3v) is 5.22. The van der Waals surface area contributed by atoms with Gasteiger partial charge in [-0.1, -0.05) is 0 Å². The van der Waals surface area contributed by atoms with Crippen molar-refractivity contribution in [3.8, 4) is 0 Å². The fourth-order valence-electron chi connectivity index (χ4n) is 4.09. The Morgan fingerprint density at radius 2 is 2.13 bits per heavy atom. The first-order chi connectivity index (χ1) is 11.2. The smallest absolute Gasteiger partial charge is 0.225 e. The van der Waals surface area contributed by atoms with Gasteiger partial charge >= 0.3 is 0 Å². The van der Waals surface area contributed by atoms with E-state index in [9.17, 15) is 9.18 Å². The molecule has 0 unspecified atom stereocenters. The quantitative estimate of drug-likeness (QED) is 0.824. The number of hydrogen-bond acceptors (Lipinski definition) is 5. The number of rotatable bonds is 2. The Labute approximate surface area is 134 Å². The topological polar surface area (TPSA) is 58.6 Å². The molecule has 1 amide bonds. The number of carbonyl (C=O) groups excluding carboxylic acids is 1. The van der Waals surface area contributed by atoms with Crippen LogP contribution in [0.15, 0.2) is 12.4 Å². The number of carbonyl (C=O) groups is 1. The average molecular weight is 320 g/mol. The van der Waals surface area contributed by atoms with Crippen molar-refractivity contribution in [2.75, 3.05) is 31.1 Å². The summed E-state index contributed by atoms with van der Waals surface area (Å²) >= 11 is 0. The van der Waals surface area contributed by atoms with E-state index in [4.69, 9.17) is 4.74 Å². The Kier molecular flexibility index (Phi) is 3.67. The molecule has 124 valence electrons. The lowest BCUT2D eigenvalue weighted by Crippen LogP contribution is -2.50. The molecule has 2 atom stereocenters. The van der Waals surface area contributed by atoms with E-state index < -0.39 is 5.82 Å². The second kappa shape index (κ2) is 5.70. The molecule has 0 bridgehead atoms. The van der Waals surface area contributed by atoms with Crippen LogP contribution >= 0.6 is 0 Å². The zero-order valence-electron chi connectivity index (χ0n) is 13.1. The molecule has 0 aliphatic carbocycles. The molecule has 1 aromatic rings. The third-order valence-electron chi connectivity index (χ3n) is 5.22. The lowest BCUT2D eigenvalue weighted by Gasteiger charge is -2.41. The molecule has 0 aromatic carbocycles. The van der Waals surface area contributed by atoms with Crippen LogP contribution in [0.1, 0.15) is 32.1 Å². The number of ether oxygens (including phenoxy) is 1. The van der Waals surface area contributed by atoms with Crippen LogP contribution in [0.25, 0.3) is 0 Å². The Morgan fingerprint density at radius 1 is 1.30 bits per heavy atom. The SMILES string of the molecule is O=C1CCCN1[C@@H]1CCO[C@]2(CCN(c3ncc(F)cn3)C2)C1. The Bertz CT molecular complexity index is 596. The molecule has 4 heterocycles. The molecule has 3 fully saturated rings. The van der Waals surface area contributed by atoms with Gasteiger partial charge in [0.25, 0.3) is 0 Å². The predicted octanol–water partition coefficient (Wildman–Crippen LogP) is 1.37. The number of halogens is 1. The summed E-state index contributed by atoms with van der Waals surface area (Å²) in [6.45, 7) is 3.07. The first-order valence-corrected chi connectivity index (χ1v) is 8.31. The van der Waals surface area contributed by atoms with Gasteiger partial charge in [-0.2, -0.15) is 0 Å². The molecule has 0 N–H and O–H groups in total. The average Bonchev–Trinajstić information content (AvgIpc) is 3.15. The Hall–Kier alpha value is -1.76. The fraction of sp³-hybridized carbons (Fsp3) is 0.688. The van der Waals surface area contributed by atoms with E-state index in [-0.39, 0.29) is 17.6 Å². The molecule has 1 spiro atoms. The molecule has 1 aromatic heterocycles. The molecule has 4 rings (SSSR count). The highest BCUT2D eigenvalue weighted by Crippen LogP contribution is 2.37. The van der Waals surface area contributed by atoms with Gasteiger partial charge in [0, 0.05) is 32.2 Å². The highest BCUT2D eigenvalue weighted by atomic mass is 19.1. The molecular formula is C16H21FN4O2. The van der Waals surface area contributed by atoms with Crippen molar-refractivity contribution in [2.45, 2.75) is 43.7 Å². The molecule has 3 aliphatic heterocycles. The molecule has 7 heteroatoms. The van der Waals surface area contributed by atoms with Gasteiger partial charge in [0.1, 0.15) is 0 Å². The van der Waals surface area contributed by atoms with Crippen LogP contribution in [0, 0.1) is 5.82 Å². The van der Waals surface area contributed by atoms with Crippen molar-refractivity contribution in [2.24, 2.45) is 0 Å². The maximum absolute atomic E-state index is 13.0. The normalized spacial score (nSPS) is 31.3. The summed E-state index contributed by atoms with van der Waals surface area (Å²) in [6, 6.07) is 0.285. The first kappa shape index (κ1) is 14.8. The van der Waals surface area contributed by atoms with Crippen LogP contribution in [0.2, 0.25) is 0 Å². The van der Waals surface area contributed by atoms with E-state index in [0.717, 1.165) is 38.8 Å². The number of hydrogen-bond donors (Lipinski definition) is 0. The van der Waals surface area contributed by atoms with Gasteiger partial charge in [-0.3, -0.25) is 4.79 Å². The third kappa shape index (κ3) is 2.78. The van der Waals surface area contributed by atoms with E-state index in [2.05, 4.69) is 9.97 Å². The number of aromatic nitrogens is 2. The van der Waals surface area contributed by atoms with Gasteiger partial charge in [-0.05, 0) is 25.7 Å². The minimum atomic E-state index is -0.427. The van der Waals surface area contributed by atoms with Gasteiger partial charge in [0.15, 0.2) is 5.82 Å². The summed E-state index contributed by atoms with van der Waals surface area (Å²) in [5.74, 6) is 0.402. The van der Waals surface area contributed by atoms with Crippen LogP contribution in [-0.4, -0.2) is 58.7 Å². The van der Waals surface area contributed by atoms with Crippen molar-refractivity contribution in [3.05, 3.63) is 18.2 Å². The van der Waals surface area contributed by atoms with Crippen LogP contribution in [0.3, 0.4) is 0 Å². The van der Waals surface area contributed by atoms with Crippen LogP contribution in [0.5, 0.6) is 0 Å². The zero-order chi connectivity index (χ0) is 15.9. The van der Waals surface area contributed by atoms with E-state index in [1.807, 2.05) is 9.80 Å². The molecule has 3 saturated heterocycles. The maximum Gasteiger partial charge on any atom is 0.225 e. The summed E-state index contributed by atoms with van der Waals surface area (Å²) in [5, 5.41) is 0. The highest BCUT2D eigenvalue weighted by molar-refractivity contribution is 5.78. The van der Waals surface area contributed by atoms with Crippen molar-refractivity contribution >= 4 is 11.9 Å². The summed E-state index contributed by atoms with van der Waals surface area (Å²) in [4.78, 5) is 24.2. The number of anilines is 1. The number of nitrogens with zero attached hydrogens (tertiary/aromatic N) is 4. The number of amides is 1. The maximum atomic E-state index is 13.0. The summed E-state index contributed by atoms with van der Waals surface area (Å²) in [7, 11) is 0. The fourth-order valence-corrected chi connectivity index (χ4v) is 4.09. The van der Waals surface area contributed by atoms with Crippen molar-refractivity contribution in [1.29, 1.82) is 0 Å². The largest absolute Gasteiger partial charge is 0.373 e. The molecule has 0 saturated carbocycles. The molecule has 3 aliphatic rings. The first-order valence-electron chi connectivity index (χ1n) is 8.31.